The van der Waals surface area contributed by atoms with E-state index in [0.29, 0.717) is 0 Å². The van der Waals surface area contributed by atoms with Gasteiger partial charge < -0.3 is 32.9 Å². The second kappa shape index (κ2) is 9.70. The van der Waals surface area contributed by atoms with E-state index >= 15 is 0 Å². The van der Waals surface area contributed by atoms with Crippen LogP contribution in [0.5, 0.6) is 0 Å². The van der Waals surface area contributed by atoms with Crippen molar-refractivity contribution in [1.29, 1.82) is 0 Å². The highest BCUT2D eigenvalue weighted by Crippen LogP contribution is 2.31. The van der Waals surface area contributed by atoms with E-state index in [-0.39, 0.29) is 0 Å². The first-order valence-electron chi connectivity index (χ1n) is 9.68. The van der Waals surface area contributed by atoms with Gasteiger partial charge in [-0.25, -0.2) is 0 Å². The molecule has 0 spiro atoms. The summed E-state index contributed by atoms with van der Waals surface area (Å²) in [7, 11) is -15.6. The first-order chi connectivity index (χ1) is 12.3. The summed E-state index contributed by atoms with van der Waals surface area (Å²) >= 11 is 0. The molecule has 0 aromatic carbocycles. The first-order valence-corrected chi connectivity index (χ1v) is 28.0. The fourth-order valence-electron chi connectivity index (χ4n) is 3.68. The average molecular weight is 521 g/mol. The predicted molar refractivity (Wildman–Crippen MR) is 124 cm³/mol. The Labute approximate surface area is 175 Å². The molecule has 0 aromatic rings. The highest BCUT2D eigenvalue weighted by atomic mass is 28.5. The molecule has 16 heteroatoms. The Hall–Kier alpha value is 1.42. The zero-order chi connectivity index (χ0) is 20.5. The third-order valence-corrected chi connectivity index (χ3v) is 33.6. The maximum atomic E-state index is 6.57. The lowest BCUT2D eigenvalue weighted by Crippen LogP contribution is -2.59. The number of rotatable bonds is 3. The summed E-state index contributed by atoms with van der Waals surface area (Å²) in [6, 6.07) is 1.65. The highest BCUT2D eigenvalue weighted by molar-refractivity contribution is 6.88. The Kier molecular flexibility index (Phi) is 8.86. The van der Waals surface area contributed by atoms with Crippen molar-refractivity contribution < 1.29 is 32.9 Å². The Morgan fingerprint density at radius 2 is 0.889 bits per heavy atom. The summed E-state index contributed by atoms with van der Waals surface area (Å²) in [5, 5.41) is 0. The minimum atomic E-state index is -2.44. The van der Waals surface area contributed by atoms with Crippen LogP contribution in [-0.2, 0) is 32.9 Å². The van der Waals surface area contributed by atoms with E-state index in [1.54, 1.807) is 0 Å². The summed E-state index contributed by atoms with van der Waals surface area (Å²) < 4.78 is 50.1. The van der Waals surface area contributed by atoms with Crippen molar-refractivity contribution in [2.24, 2.45) is 0 Å². The molecule has 160 valence electrons. The van der Waals surface area contributed by atoms with Crippen LogP contribution in [0.1, 0.15) is 0 Å². The van der Waals surface area contributed by atoms with Crippen LogP contribution in [0.25, 0.3) is 0 Å². The fourth-order valence-corrected chi connectivity index (χ4v) is 37.1. The van der Waals surface area contributed by atoms with E-state index in [9.17, 15) is 0 Å². The van der Waals surface area contributed by atoms with Crippen LogP contribution in [0.3, 0.4) is 0 Å². The molecule has 5 atom stereocenters. The zero-order valence-electron chi connectivity index (χ0n) is 18.1. The Bertz CT molecular complexity index is 489. The van der Waals surface area contributed by atoms with Crippen molar-refractivity contribution >= 4 is 72.1 Å². The van der Waals surface area contributed by atoms with E-state index in [1.165, 1.54) is 0 Å². The van der Waals surface area contributed by atoms with Gasteiger partial charge in [0, 0.05) is 0 Å². The summed E-state index contributed by atoms with van der Waals surface area (Å²) in [4.78, 5) is 0. The molecule has 0 aliphatic carbocycles. The molecule has 2 aliphatic rings. The Morgan fingerprint density at radius 3 is 1.41 bits per heavy atom. The predicted octanol–water partition coefficient (Wildman–Crippen LogP) is 1.24. The van der Waals surface area contributed by atoms with Gasteiger partial charge in [0.1, 0.15) is 0 Å². The van der Waals surface area contributed by atoms with Crippen molar-refractivity contribution in [3.63, 3.8) is 0 Å². The van der Waals surface area contributed by atoms with Crippen LogP contribution in [0.2, 0.25) is 71.0 Å². The monoisotopic (exact) mass is 520 g/mol. The highest BCUT2D eigenvalue weighted by Gasteiger charge is 2.48. The van der Waals surface area contributed by atoms with E-state index in [1.807, 2.05) is 0 Å². The van der Waals surface area contributed by atoms with Gasteiger partial charge >= 0.3 is 25.7 Å². The molecule has 2 fully saturated rings. The van der Waals surface area contributed by atoms with Crippen LogP contribution in [0.4, 0.5) is 0 Å². The maximum absolute atomic E-state index is 6.57. The Balaban J connectivity index is 2.08. The van der Waals surface area contributed by atoms with Crippen molar-refractivity contribution in [2.75, 3.05) is 0 Å². The average Bonchev–Trinajstić information content (AvgIpc) is 2.39. The maximum Gasteiger partial charge on any atom is 0.317 e. The lowest BCUT2D eigenvalue weighted by Gasteiger charge is -2.43. The van der Waals surface area contributed by atoms with E-state index < -0.39 is 72.1 Å². The SMILES string of the molecule is C[SiH]1O[SiH](C)O[Si](C)(CC[Si]2(C)O[SiH](C)O[SiH](C)O[Si](C)(C)O2)O[SiH](C)O1. The Morgan fingerprint density at radius 1 is 0.519 bits per heavy atom. The van der Waals surface area contributed by atoms with Crippen molar-refractivity contribution in [3.05, 3.63) is 0 Å². The van der Waals surface area contributed by atoms with Gasteiger partial charge in [-0.3, -0.25) is 0 Å². The normalized spacial score (nSPS) is 46.8. The molecule has 2 aliphatic heterocycles. The van der Waals surface area contributed by atoms with Crippen molar-refractivity contribution in [3.8, 4) is 0 Å². The summed E-state index contributed by atoms with van der Waals surface area (Å²) in [6.07, 6.45) is 0. The van der Waals surface area contributed by atoms with Crippen molar-refractivity contribution in [1.82, 2.24) is 0 Å². The molecule has 0 bridgehead atoms. The molecule has 0 saturated carbocycles. The first kappa shape index (κ1) is 24.7. The third-order valence-electron chi connectivity index (χ3n) is 4.34. The molecule has 2 heterocycles. The number of hydrogen-bond donors (Lipinski definition) is 0. The number of hydrogen-bond acceptors (Lipinski definition) is 8. The zero-order valence-corrected chi connectivity index (χ0v) is 26.8. The molecule has 0 amide bonds. The molecular formula is C11H36O8Si8. The molecule has 8 nitrogen and oxygen atoms in total. The molecule has 0 N–H and O–H groups in total. The van der Waals surface area contributed by atoms with Gasteiger partial charge in [0.2, 0.25) is 0 Å². The van der Waals surface area contributed by atoms with Crippen LogP contribution >= 0.6 is 0 Å². The lowest BCUT2D eigenvalue weighted by molar-refractivity contribution is 0.255. The molecule has 0 aromatic heterocycles. The molecule has 5 unspecified atom stereocenters. The van der Waals surface area contributed by atoms with Gasteiger partial charge in [0.05, 0.1) is 0 Å². The standard InChI is InChI=1S/C11H36O8Si8/c1-20-12-22(3)16-26(8,17-23(4)13-20)10-11-27(9)18-24(5)14-21(2)15-25(6,7)19-27/h20-24H,10-11H2,1-9H3. The topological polar surface area (TPSA) is 73.8 Å². The van der Waals surface area contributed by atoms with Crippen molar-refractivity contribution in [2.45, 2.75) is 71.0 Å². The fraction of sp³-hybridized carbons (Fsp3) is 1.00. The minimum absolute atomic E-state index is 0.821. The van der Waals surface area contributed by atoms with Crippen LogP contribution < -0.4 is 0 Å². The van der Waals surface area contributed by atoms with Gasteiger partial charge in [-0.05, 0) is 71.0 Å². The summed E-state index contributed by atoms with van der Waals surface area (Å²) in [6.45, 7) is 18.8. The molecule has 2 rings (SSSR count). The van der Waals surface area contributed by atoms with E-state index in [0.717, 1.165) is 12.1 Å². The largest absolute Gasteiger partial charge is 0.420 e. The van der Waals surface area contributed by atoms with Gasteiger partial charge in [-0.15, -0.1) is 0 Å². The minimum Gasteiger partial charge on any atom is -0.420 e. The van der Waals surface area contributed by atoms with E-state index in [2.05, 4.69) is 58.9 Å². The van der Waals surface area contributed by atoms with Gasteiger partial charge in [-0.1, -0.05) is 0 Å². The van der Waals surface area contributed by atoms with Crippen LogP contribution in [-0.4, -0.2) is 72.1 Å². The lowest BCUT2D eigenvalue weighted by atomic mass is 10.9. The molecular weight excluding hydrogens is 485 g/mol. The second-order valence-electron chi connectivity index (χ2n) is 7.99. The molecule has 2 saturated heterocycles. The van der Waals surface area contributed by atoms with Gasteiger partial charge in [0.25, 0.3) is 46.4 Å². The van der Waals surface area contributed by atoms with Crippen LogP contribution in [0.15, 0.2) is 0 Å². The van der Waals surface area contributed by atoms with Gasteiger partial charge in [0.15, 0.2) is 0 Å². The molecule has 27 heavy (non-hydrogen) atoms. The van der Waals surface area contributed by atoms with E-state index in [4.69, 9.17) is 32.9 Å². The molecule has 0 radical (unpaired) electrons. The van der Waals surface area contributed by atoms with Crippen LogP contribution in [0, 0.1) is 0 Å². The smallest absolute Gasteiger partial charge is 0.317 e. The summed E-state index contributed by atoms with van der Waals surface area (Å²) in [5.74, 6) is 0. The second-order valence-corrected chi connectivity index (χ2v) is 29.9. The summed E-state index contributed by atoms with van der Waals surface area (Å²) in [5.41, 5.74) is 0. The van der Waals surface area contributed by atoms with Gasteiger partial charge in [-0.2, -0.15) is 0 Å². The quantitative estimate of drug-likeness (QED) is 0.515. The third kappa shape index (κ3) is 8.22.